The van der Waals surface area contributed by atoms with E-state index in [1.54, 1.807) is 0 Å². The molecule has 0 aliphatic heterocycles. The molecule has 0 aromatic heterocycles. The minimum absolute atomic E-state index is 0.0987. The zero-order valence-corrected chi connectivity index (χ0v) is 13.3. The van der Waals surface area contributed by atoms with E-state index in [1.165, 1.54) is 25.7 Å². The van der Waals surface area contributed by atoms with Crippen LogP contribution in [0.4, 0.5) is 17.6 Å². The van der Waals surface area contributed by atoms with E-state index in [2.05, 4.69) is 12.2 Å². The van der Waals surface area contributed by atoms with Gasteiger partial charge in [-0.25, -0.2) is 4.39 Å². The minimum Gasteiger partial charge on any atom is -0.352 e. The van der Waals surface area contributed by atoms with Gasteiger partial charge in [-0.15, -0.1) is 0 Å². The average molecular weight is 333 g/mol. The van der Waals surface area contributed by atoms with Crippen molar-refractivity contribution in [3.05, 3.63) is 35.1 Å². The zero-order valence-electron chi connectivity index (χ0n) is 13.3. The number of nitrogens with one attached hydrogen (secondary N) is 1. The Bertz CT molecular complexity index is 500. The lowest BCUT2D eigenvalue weighted by Gasteiger charge is -2.10. The standard InChI is InChI=1S/C17H23F4NO/c1-2-3-4-5-6-7-8-11-22-16(23)13-9-10-14(15(18)12-13)17(19,20)21/h9-10,12H,2-8,11H2,1H3,(H,22,23). The molecule has 130 valence electrons. The van der Waals surface area contributed by atoms with Gasteiger partial charge in [0.25, 0.3) is 5.91 Å². The quantitative estimate of drug-likeness (QED) is 0.480. The number of halogens is 4. The van der Waals surface area contributed by atoms with Crippen LogP contribution in [0.15, 0.2) is 18.2 Å². The van der Waals surface area contributed by atoms with Crippen molar-refractivity contribution in [3.8, 4) is 0 Å². The summed E-state index contributed by atoms with van der Waals surface area (Å²) in [7, 11) is 0. The van der Waals surface area contributed by atoms with Gasteiger partial charge in [-0.1, -0.05) is 45.4 Å². The summed E-state index contributed by atoms with van der Waals surface area (Å²) in [5, 5.41) is 2.60. The third kappa shape index (κ3) is 7.01. The van der Waals surface area contributed by atoms with Crippen molar-refractivity contribution in [2.45, 2.75) is 58.0 Å². The molecule has 2 nitrogen and oxygen atoms in total. The molecule has 0 saturated heterocycles. The van der Waals surface area contributed by atoms with Gasteiger partial charge in [-0.3, -0.25) is 4.79 Å². The molecule has 0 radical (unpaired) electrons. The molecule has 0 bridgehead atoms. The van der Waals surface area contributed by atoms with Gasteiger partial charge < -0.3 is 5.32 Å². The molecule has 23 heavy (non-hydrogen) atoms. The summed E-state index contributed by atoms with van der Waals surface area (Å²) in [4.78, 5) is 11.8. The Morgan fingerprint density at radius 1 is 1.04 bits per heavy atom. The van der Waals surface area contributed by atoms with Crippen molar-refractivity contribution in [3.63, 3.8) is 0 Å². The first-order valence-electron chi connectivity index (χ1n) is 8.01. The number of carbonyl (C=O) groups excluding carboxylic acids is 1. The Morgan fingerprint density at radius 3 is 2.22 bits per heavy atom. The lowest BCUT2D eigenvalue weighted by Crippen LogP contribution is -2.24. The number of carbonyl (C=O) groups is 1. The molecule has 0 aliphatic rings. The van der Waals surface area contributed by atoms with E-state index in [0.717, 1.165) is 25.3 Å². The number of hydrogen-bond donors (Lipinski definition) is 1. The van der Waals surface area contributed by atoms with Gasteiger partial charge in [0.1, 0.15) is 5.82 Å². The van der Waals surface area contributed by atoms with E-state index in [-0.39, 0.29) is 5.56 Å². The summed E-state index contributed by atoms with van der Waals surface area (Å²) < 4.78 is 50.7. The average Bonchev–Trinajstić information content (AvgIpc) is 2.48. The highest BCUT2D eigenvalue weighted by Crippen LogP contribution is 2.31. The summed E-state index contributed by atoms with van der Waals surface area (Å²) in [5.41, 5.74) is -1.46. The predicted molar refractivity (Wildman–Crippen MR) is 81.7 cm³/mol. The number of rotatable bonds is 9. The predicted octanol–water partition coefficient (Wildman–Crippen LogP) is 5.32. The smallest absolute Gasteiger partial charge is 0.352 e. The summed E-state index contributed by atoms with van der Waals surface area (Å²) >= 11 is 0. The van der Waals surface area contributed by atoms with Crippen LogP contribution in [0.2, 0.25) is 0 Å². The maximum absolute atomic E-state index is 13.4. The van der Waals surface area contributed by atoms with Crippen LogP contribution in [0.3, 0.4) is 0 Å². The Kier molecular flexibility index (Phi) is 8.06. The molecule has 0 heterocycles. The van der Waals surface area contributed by atoms with Crippen molar-refractivity contribution in [2.75, 3.05) is 6.54 Å². The third-order valence-corrected chi connectivity index (χ3v) is 3.60. The van der Waals surface area contributed by atoms with Crippen LogP contribution in [0, 0.1) is 5.82 Å². The molecule has 0 spiro atoms. The normalized spacial score (nSPS) is 11.5. The highest BCUT2D eigenvalue weighted by atomic mass is 19.4. The largest absolute Gasteiger partial charge is 0.419 e. The molecule has 0 fully saturated rings. The van der Waals surface area contributed by atoms with Crippen LogP contribution in [0.5, 0.6) is 0 Å². The third-order valence-electron chi connectivity index (χ3n) is 3.60. The molecule has 0 aliphatic carbocycles. The van der Waals surface area contributed by atoms with E-state index in [0.29, 0.717) is 18.7 Å². The van der Waals surface area contributed by atoms with Crippen molar-refractivity contribution in [1.29, 1.82) is 0 Å². The van der Waals surface area contributed by atoms with Gasteiger partial charge in [0.2, 0.25) is 0 Å². The van der Waals surface area contributed by atoms with E-state index in [9.17, 15) is 22.4 Å². The van der Waals surface area contributed by atoms with Crippen LogP contribution >= 0.6 is 0 Å². The van der Waals surface area contributed by atoms with Crippen LogP contribution in [-0.2, 0) is 6.18 Å². The van der Waals surface area contributed by atoms with E-state index < -0.39 is 23.5 Å². The zero-order chi connectivity index (χ0) is 17.3. The number of hydrogen-bond acceptors (Lipinski definition) is 1. The molecule has 1 amide bonds. The summed E-state index contributed by atoms with van der Waals surface area (Å²) in [6.07, 6.45) is 2.96. The number of benzene rings is 1. The van der Waals surface area contributed by atoms with Gasteiger partial charge >= 0.3 is 6.18 Å². The van der Waals surface area contributed by atoms with Gasteiger partial charge in [-0.2, -0.15) is 13.2 Å². The fraction of sp³-hybridized carbons (Fsp3) is 0.588. The molecule has 0 unspecified atom stereocenters. The minimum atomic E-state index is -4.75. The lowest BCUT2D eigenvalue weighted by molar-refractivity contribution is -0.140. The molecular formula is C17H23F4NO. The second kappa shape index (κ2) is 9.53. The van der Waals surface area contributed by atoms with Crippen LogP contribution in [0.1, 0.15) is 67.8 Å². The molecule has 1 rings (SSSR count). The second-order valence-corrected chi connectivity index (χ2v) is 5.57. The Hall–Kier alpha value is -1.59. The fourth-order valence-corrected chi connectivity index (χ4v) is 2.27. The molecule has 6 heteroatoms. The fourth-order valence-electron chi connectivity index (χ4n) is 2.27. The summed E-state index contributed by atoms with van der Waals surface area (Å²) in [6, 6.07) is 2.22. The molecule has 1 aromatic carbocycles. The van der Waals surface area contributed by atoms with Crippen molar-refractivity contribution in [2.24, 2.45) is 0 Å². The summed E-state index contributed by atoms with van der Waals surface area (Å²) in [6.45, 7) is 2.59. The van der Waals surface area contributed by atoms with Gasteiger partial charge in [0, 0.05) is 12.1 Å². The Labute approximate surface area is 134 Å². The second-order valence-electron chi connectivity index (χ2n) is 5.57. The van der Waals surface area contributed by atoms with Gasteiger partial charge in [-0.05, 0) is 24.6 Å². The number of amides is 1. The molecule has 1 N–H and O–H groups in total. The van der Waals surface area contributed by atoms with E-state index in [1.807, 2.05) is 0 Å². The first-order valence-corrected chi connectivity index (χ1v) is 8.01. The highest BCUT2D eigenvalue weighted by Gasteiger charge is 2.34. The van der Waals surface area contributed by atoms with Crippen LogP contribution < -0.4 is 5.32 Å². The molecular weight excluding hydrogens is 310 g/mol. The van der Waals surface area contributed by atoms with E-state index >= 15 is 0 Å². The first kappa shape index (κ1) is 19.5. The highest BCUT2D eigenvalue weighted by molar-refractivity contribution is 5.94. The SMILES string of the molecule is CCCCCCCCCNC(=O)c1ccc(C(F)(F)F)c(F)c1. The lowest BCUT2D eigenvalue weighted by atomic mass is 10.1. The van der Waals surface area contributed by atoms with Crippen molar-refractivity contribution >= 4 is 5.91 Å². The van der Waals surface area contributed by atoms with Crippen molar-refractivity contribution < 1.29 is 22.4 Å². The monoisotopic (exact) mass is 333 g/mol. The van der Waals surface area contributed by atoms with Crippen LogP contribution in [-0.4, -0.2) is 12.5 Å². The Balaban J connectivity index is 2.34. The maximum atomic E-state index is 13.4. The van der Waals surface area contributed by atoms with Crippen molar-refractivity contribution in [1.82, 2.24) is 5.32 Å². The number of unbranched alkanes of at least 4 members (excludes halogenated alkanes) is 6. The van der Waals surface area contributed by atoms with Gasteiger partial charge in [0.15, 0.2) is 0 Å². The maximum Gasteiger partial charge on any atom is 0.419 e. The summed E-state index contributed by atoms with van der Waals surface area (Å²) in [5.74, 6) is -1.98. The molecule has 1 aromatic rings. The van der Waals surface area contributed by atoms with E-state index in [4.69, 9.17) is 0 Å². The first-order chi connectivity index (χ1) is 10.9. The van der Waals surface area contributed by atoms with Crippen LogP contribution in [0.25, 0.3) is 0 Å². The number of alkyl halides is 3. The molecule has 0 saturated carbocycles. The van der Waals surface area contributed by atoms with Gasteiger partial charge in [0.05, 0.1) is 5.56 Å². The topological polar surface area (TPSA) is 29.1 Å². The molecule has 0 atom stereocenters. The Morgan fingerprint density at radius 2 is 1.65 bits per heavy atom.